The van der Waals surface area contributed by atoms with Crippen LogP contribution < -0.4 is 15.8 Å². The number of rotatable bonds is 9. The first kappa shape index (κ1) is 27.0. The maximum absolute atomic E-state index is 14.2. The molecule has 2 aromatic carbocycles. The number of ether oxygens (including phenoxy) is 1. The van der Waals surface area contributed by atoms with Crippen molar-refractivity contribution < 1.29 is 38.5 Å². The highest BCUT2D eigenvalue weighted by Crippen LogP contribution is 2.30. The van der Waals surface area contributed by atoms with E-state index in [1.807, 2.05) is 0 Å². The number of thiophene rings is 1. The summed E-state index contributed by atoms with van der Waals surface area (Å²) >= 11 is 1.06. The van der Waals surface area contributed by atoms with Crippen LogP contribution >= 0.6 is 11.3 Å². The number of aromatic carboxylic acids is 2. The summed E-state index contributed by atoms with van der Waals surface area (Å²) in [5.74, 6) is -5.60. The number of amides is 1. The second-order valence-corrected chi connectivity index (χ2v) is 9.77. The lowest BCUT2D eigenvalue weighted by molar-refractivity contribution is -0.123. The lowest BCUT2D eigenvalue weighted by atomic mass is 9.87. The maximum atomic E-state index is 14.2. The molecule has 0 unspecified atom stereocenters. The van der Waals surface area contributed by atoms with Crippen LogP contribution in [0, 0.1) is 16.6 Å². The molecule has 0 spiro atoms. The average Bonchev–Trinajstić information content (AvgIpc) is 3.27. The van der Waals surface area contributed by atoms with E-state index in [0.717, 1.165) is 29.5 Å². The number of benzene rings is 2. The monoisotopic (exact) mass is 527 g/mol. The van der Waals surface area contributed by atoms with Crippen LogP contribution in [-0.4, -0.2) is 39.9 Å². The zero-order valence-corrected chi connectivity index (χ0v) is 20.4. The number of hydrogen-bond donors (Lipinski definition) is 5. The molecule has 0 aliphatic rings. The van der Waals surface area contributed by atoms with Crippen molar-refractivity contribution in [2.45, 2.75) is 20.3 Å². The summed E-state index contributed by atoms with van der Waals surface area (Å²) in [6, 6.07) is 10.1. The molecule has 3 rings (SSSR count). The number of nitrogens with two attached hydrogens (primary N) is 1. The minimum Gasteiger partial charge on any atom is -0.478 e. The molecule has 0 fully saturated rings. The molecule has 6 N–H and O–H groups in total. The molecule has 0 radical (unpaired) electrons. The molecule has 1 amide bonds. The van der Waals surface area contributed by atoms with E-state index >= 15 is 0 Å². The van der Waals surface area contributed by atoms with Crippen molar-refractivity contribution in [1.82, 2.24) is 0 Å². The summed E-state index contributed by atoms with van der Waals surface area (Å²) in [7, 11) is 0. The Morgan fingerprint density at radius 2 is 1.70 bits per heavy atom. The fraction of sp³-hybridized carbons (Fsp3) is 0.160. The molecular weight excluding hydrogens is 505 g/mol. The van der Waals surface area contributed by atoms with Crippen LogP contribution in [0.15, 0.2) is 48.5 Å². The summed E-state index contributed by atoms with van der Waals surface area (Å²) in [6.45, 7) is 3.30. The Labute approximate surface area is 214 Å². The van der Waals surface area contributed by atoms with E-state index in [4.69, 9.17) is 21.0 Å². The largest absolute Gasteiger partial charge is 0.478 e. The number of esters is 1. The molecular formula is C25H22FN3O7S. The Morgan fingerprint density at radius 1 is 1.03 bits per heavy atom. The Kier molecular flexibility index (Phi) is 7.73. The fourth-order valence-electron chi connectivity index (χ4n) is 3.29. The second-order valence-electron chi connectivity index (χ2n) is 8.60. The minimum atomic E-state index is -1.44. The third-order valence-corrected chi connectivity index (χ3v) is 6.34. The van der Waals surface area contributed by atoms with Gasteiger partial charge in [-0.25, -0.2) is 18.8 Å². The molecule has 37 heavy (non-hydrogen) atoms. The third-order valence-electron chi connectivity index (χ3n) is 5.28. The highest BCUT2D eigenvalue weighted by atomic mass is 32.1. The molecule has 10 nitrogen and oxygen atoms in total. The first-order valence-electron chi connectivity index (χ1n) is 10.7. The van der Waals surface area contributed by atoms with Gasteiger partial charge >= 0.3 is 17.9 Å². The zero-order chi connectivity index (χ0) is 27.5. The van der Waals surface area contributed by atoms with Crippen LogP contribution in [0.4, 0.5) is 10.1 Å². The number of carbonyl (C=O) groups excluding carboxylic acids is 2. The fourth-order valence-corrected chi connectivity index (χ4v) is 4.40. The van der Waals surface area contributed by atoms with Crippen LogP contribution in [0.2, 0.25) is 0 Å². The van der Waals surface area contributed by atoms with Crippen molar-refractivity contribution in [3.8, 4) is 5.75 Å². The predicted molar refractivity (Wildman–Crippen MR) is 133 cm³/mol. The molecule has 1 heterocycles. The number of nitrogens with one attached hydrogen (secondary N) is 2. The predicted octanol–water partition coefficient (Wildman–Crippen LogP) is 3.99. The number of halogens is 1. The second kappa shape index (κ2) is 10.6. The maximum Gasteiger partial charge on any atom is 0.353 e. The Balaban J connectivity index is 1.69. The number of carbonyl (C=O) groups is 4. The van der Waals surface area contributed by atoms with Crippen molar-refractivity contribution in [3.05, 3.63) is 80.8 Å². The van der Waals surface area contributed by atoms with Gasteiger partial charge in [-0.05, 0) is 55.0 Å². The number of carboxylic acids is 2. The Hall–Kier alpha value is -4.58. The molecule has 0 bridgehead atoms. The number of amidine groups is 1. The van der Waals surface area contributed by atoms with Gasteiger partial charge in [-0.1, -0.05) is 13.8 Å². The third kappa shape index (κ3) is 6.35. The average molecular weight is 528 g/mol. The van der Waals surface area contributed by atoms with Crippen molar-refractivity contribution in [3.63, 3.8) is 0 Å². The van der Waals surface area contributed by atoms with Crippen molar-refractivity contribution in [2.24, 2.45) is 11.1 Å². The van der Waals surface area contributed by atoms with E-state index in [-0.39, 0.29) is 34.1 Å². The minimum absolute atomic E-state index is 0.119. The normalized spacial score (nSPS) is 11.0. The lowest BCUT2D eigenvalue weighted by Gasteiger charge is -2.23. The van der Waals surface area contributed by atoms with Crippen molar-refractivity contribution in [1.29, 1.82) is 5.41 Å². The van der Waals surface area contributed by atoms with Crippen molar-refractivity contribution in [2.75, 3.05) is 5.32 Å². The summed E-state index contributed by atoms with van der Waals surface area (Å²) < 4.78 is 19.3. The van der Waals surface area contributed by atoms with Crippen LogP contribution in [0.1, 0.15) is 54.7 Å². The highest BCUT2D eigenvalue weighted by Gasteiger charge is 2.30. The lowest BCUT2D eigenvalue weighted by Crippen LogP contribution is -2.32. The van der Waals surface area contributed by atoms with Crippen LogP contribution in [0.3, 0.4) is 0 Å². The van der Waals surface area contributed by atoms with Crippen molar-refractivity contribution >= 4 is 46.7 Å². The van der Waals surface area contributed by atoms with Crippen LogP contribution in [0.25, 0.3) is 0 Å². The van der Waals surface area contributed by atoms with Gasteiger partial charge in [0.25, 0.3) is 0 Å². The van der Waals surface area contributed by atoms with E-state index in [1.54, 1.807) is 19.9 Å². The molecule has 0 aliphatic carbocycles. The Morgan fingerprint density at radius 3 is 2.30 bits per heavy atom. The standard InChI is InChI=1S/C25H22FN3O7S/c1-25(2,24(35)29-13-4-6-15(21(30)31)16(10-13)22(32)33)11-14-5-8-19(37-14)23(34)36-18-7-3-12(20(27)28)9-17(18)26/h3-10H,11H2,1-2H3,(H3,27,28)(H,29,35)(H,30,31)(H,32,33). The number of anilines is 1. The molecule has 192 valence electrons. The van der Waals surface area contributed by atoms with Gasteiger partial charge in [0.2, 0.25) is 5.91 Å². The molecule has 0 atom stereocenters. The molecule has 12 heteroatoms. The number of hydrogen-bond acceptors (Lipinski definition) is 7. The highest BCUT2D eigenvalue weighted by molar-refractivity contribution is 7.14. The molecule has 1 aromatic heterocycles. The first-order valence-corrected chi connectivity index (χ1v) is 11.5. The summed E-state index contributed by atoms with van der Waals surface area (Å²) in [5.41, 5.74) is 3.71. The molecule has 0 saturated carbocycles. The Bertz CT molecular complexity index is 1430. The van der Waals surface area contributed by atoms with Gasteiger partial charge in [0.1, 0.15) is 10.7 Å². The van der Waals surface area contributed by atoms with Gasteiger partial charge in [0.05, 0.1) is 11.1 Å². The van der Waals surface area contributed by atoms with Crippen LogP contribution in [-0.2, 0) is 11.2 Å². The van der Waals surface area contributed by atoms with E-state index in [0.29, 0.717) is 4.88 Å². The smallest absolute Gasteiger partial charge is 0.353 e. The summed E-state index contributed by atoms with van der Waals surface area (Å²) in [4.78, 5) is 48.8. The quantitative estimate of drug-likeness (QED) is 0.120. The summed E-state index contributed by atoms with van der Waals surface area (Å²) in [6.07, 6.45) is 0.206. The number of nitrogen functional groups attached to an aromatic ring is 1. The van der Waals surface area contributed by atoms with Gasteiger partial charge in [0, 0.05) is 21.5 Å². The number of carboxylic acid groups (broad SMARTS) is 2. The van der Waals surface area contributed by atoms with E-state index in [2.05, 4.69) is 5.32 Å². The van der Waals surface area contributed by atoms with E-state index in [1.165, 1.54) is 24.3 Å². The molecule has 3 aromatic rings. The van der Waals surface area contributed by atoms with E-state index < -0.39 is 46.2 Å². The molecule has 0 saturated heterocycles. The van der Waals surface area contributed by atoms with Gasteiger partial charge in [-0.3, -0.25) is 10.2 Å². The van der Waals surface area contributed by atoms with Crippen LogP contribution in [0.5, 0.6) is 5.75 Å². The van der Waals surface area contributed by atoms with Gasteiger partial charge in [-0.15, -0.1) is 11.3 Å². The zero-order valence-electron chi connectivity index (χ0n) is 19.6. The topological polar surface area (TPSA) is 180 Å². The first-order chi connectivity index (χ1) is 17.3. The SMILES string of the molecule is CC(C)(Cc1ccc(C(=O)Oc2ccc(C(=N)N)cc2F)s1)C(=O)Nc1ccc(C(=O)O)c(C(=O)O)c1. The van der Waals surface area contributed by atoms with Gasteiger partial charge < -0.3 is 26.0 Å². The summed E-state index contributed by atoms with van der Waals surface area (Å²) in [5, 5.41) is 28.3. The molecule has 0 aliphatic heterocycles. The van der Waals surface area contributed by atoms with Gasteiger partial charge in [0.15, 0.2) is 11.6 Å². The van der Waals surface area contributed by atoms with E-state index in [9.17, 15) is 28.7 Å². The van der Waals surface area contributed by atoms with Gasteiger partial charge in [-0.2, -0.15) is 0 Å².